The Bertz CT molecular complexity index is 540. The third kappa shape index (κ3) is 4.27. The second-order valence-electron chi connectivity index (χ2n) is 4.82. The molecule has 3 heteroatoms. The second-order valence-corrected chi connectivity index (χ2v) is 5.23. The van der Waals surface area contributed by atoms with Gasteiger partial charge in [0.2, 0.25) is 0 Å². The van der Waals surface area contributed by atoms with Gasteiger partial charge in [0.1, 0.15) is 0 Å². The van der Waals surface area contributed by atoms with Crippen LogP contribution >= 0.6 is 11.6 Å². The number of hydrogen-bond donors (Lipinski definition) is 1. The van der Waals surface area contributed by atoms with Crippen LogP contribution in [0.15, 0.2) is 48.5 Å². The quantitative estimate of drug-likeness (QED) is 0.844. The van der Waals surface area contributed by atoms with Crippen LogP contribution < -0.4 is 5.73 Å². The van der Waals surface area contributed by atoms with E-state index < -0.39 is 0 Å². The fourth-order valence-electron chi connectivity index (χ4n) is 2.07. The summed E-state index contributed by atoms with van der Waals surface area (Å²) in [5.74, 6) is 0. The van der Waals surface area contributed by atoms with Crippen LogP contribution in [0.1, 0.15) is 11.1 Å². The van der Waals surface area contributed by atoms with Gasteiger partial charge in [0.05, 0.1) is 0 Å². The molecule has 2 aromatic rings. The summed E-state index contributed by atoms with van der Waals surface area (Å²) in [6.07, 6.45) is 0.992. The number of likely N-dealkylation sites (N-methyl/N-ethyl adjacent to an activating group) is 1. The average molecular weight is 275 g/mol. The predicted molar refractivity (Wildman–Crippen MR) is 82.3 cm³/mol. The van der Waals surface area contributed by atoms with Crippen molar-refractivity contribution in [1.29, 1.82) is 0 Å². The van der Waals surface area contributed by atoms with Gasteiger partial charge in [-0.3, -0.25) is 0 Å². The van der Waals surface area contributed by atoms with E-state index in [2.05, 4.69) is 24.1 Å². The smallest absolute Gasteiger partial charge is 0.0451 e. The fourth-order valence-corrected chi connectivity index (χ4v) is 2.26. The molecule has 2 rings (SSSR count). The monoisotopic (exact) mass is 274 g/mol. The molecular formula is C16H19ClN2. The average Bonchev–Trinajstić information content (AvgIpc) is 2.39. The highest BCUT2D eigenvalue weighted by Crippen LogP contribution is 2.16. The zero-order valence-electron chi connectivity index (χ0n) is 11.1. The van der Waals surface area contributed by atoms with Crippen molar-refractivity contribution in [2.75, 3.05) is 19.3 Å². The summed E-state index contributed by atoms with van der Waals surface area (Å²) >= 11 is 6.16. The zero-order chi connectivity index (χ0) is 13.7. The lowest BCUT2D eigenvalue weighted by molar-refractivity contribution is 0.331. The third-order valence-corrected chi connectivity index (χ3v) is 3.50. The van der Waals surface area contributed by atoms with Gasteiger partial charge in [-0.1, -0.05) is 41.9 Å². The van der Waals surface area contributed by atoms with Crippen LogP contribution in [0.5, 0.6) is 0 Å². The Morgan fingerprint density at radius 3 is 2.63 bits per heavy atom. The zero-order valence-corrected chi connectivity index (χ0v) is 11.9. The number of benzene rings is 2. The van der Waals surface area contributed by atoms with Gasteiger partial charge in [-0.2, -0.15) is 0 Å². The summed E-state index contributed by atoms with van der Waals surface area (Å²) in [5.41, 5.74) is 9.04. The van der Waals surface area contributed by atoms with E-state index in [1.165, 1.54) is 11.1 Å². The molecule has 0 saturated carbocycles. The molecule has 0 aliphatic rings. The molecule has 19 heavy (non-hydrogen) atoms. The molecular weight excluding hydrogens is 256 g/mol. The molecule has 2 N–H and O–H groups in total. The van der Waals surface area contributed by atoms with Gasteiger partial charge in [-0.25, -0.2) is 0 Å². The minimum atomic E-state index is 0.825. The van der Waals surface area contributed by atoms with Gasteiger partial charge >= 0.3 is 0 Å². The van der Waals surface area contributed by atoms with Crippen molar-refractivity contribution in [3.8, 4) is 0 Å². The van der Waals surface area contributed by atoms with E-state index in [-0.39, 0.29) is 0 Å². The molecule has 0 amide bonds. The van der Waals surface area contributed by atoms with Crippen molar-refractivity contribution >= 4 is 17.3 Å². The molecule has 0 radical (unpaired) electrons. The van der Waals surface area contributed by atoms with Gasteiger partial charge in [-0.05, 0) is 42.8 Å². The normalized spacial score (nSPS) is 10.9. The molecule has 0 unspecified atom stereocenters. The van der Waals surface area contributed by atoms with Gasteiger partial charge in [0.25, 0.3) is 0 Å². The molecule has 0 heterocycles. The lowest BCUT2D eigenvalue weighted by atomic mass is 10.1. The molecule has 100 valence electrons. The number of anilines is 1. The van der Waals surface area contributed by atoms with Crippen molar-refractivity contribution in [2.24, 2.45) is 0 Å². The van der Waals surface area contributed by atoms with Crippen molar-refractivity contribution in [3.05, 3.63) is 64.7 Å². The first-order valence-corrected chi connectivity index (χ1v) is 6.79. The number of halogens is 1. The molecule has 0 aliphatic heterocycles. The molecule has 2 aromatic carbocycles. The van der Waals surface area contributed by atoms with Gasteiger partial charge in [0, 0.05) is 23.8 Å². The molecule has 0 saturated heterocycles. The molecule has 0 aromatic heterocycles. The Hall–Kier alpha value is -1.51. The Balaban J connectivity index is 1.88. The number of nitrogens with two attached hydrogens (primary N) is 1. The second kappa shape index (κ2) is 6.60. The first-order chi connectivity index (χ1) is 9.15. The first-order valence-electron chi connectivity index (χ1n) is 6.41. The van der Waals surface area contributed by atoms with E-state index >= 15 is 0 Å². The molecule has 2 nitrogen and oxygen atoms in total. The maximum atomic E-state index is 6.16. The van der Waals surface area contributed by atoms with E-state index in [4.69, 9.17) is 17.3 Å². The van der Waals surface area contributed by atoms with E-state index in [1.54, 1.807) is 0 Å². The van der Waals surface area contributed by atoms with Crippen LogP contribution in [0.3, 0.4) is 0 Å². The molecule has 0 bridgehead atoms. The van der Waals surface area contributed by atoms with Crippen molar-refractivity contribution in [3.63, 3.8) is 0 Å². The van der Waals surface area contributed by atoms with Gasteiger partial charge in [0.15, 0.2) is 0 Å². The van der Waals surface area contributed by atoms with Crippen LogP contribution in [0.25, 0.3) is 0 Å². The summed E-state index contributed by atoms with van der Waals surface area (Å²) in [6.45, 7) is 1.84. The SMILES string of the molecule is CN(CCc1cccc(N)c1)Cc1ccccc1Cl. The van der Waals surface area contributed by atoms with Crippen molar-refractivity contribution < 1.29 is 0 Å². The number of nitrogens with zero attached hydrogens (tertiary/aromatic N) is 1. The number of rotatable bonds is 5. The Labute approximate surface area is 119 Å². The summed E-state index contributed by atoms with van der Waals surface area (Å²) in [5, 5.41) is 0.832. The summed E-state index contributed by atoms with van der Waals surface area (Å²) < 4.78 is 0. The molecule has 0 aliphatic carbocycles. The number of nitrogen functional groups attached to an aromatic ring is 1. The third-order valence-electron chi connectivity index (χ3n) is 3.13. The summed E-state index contributed by atoms with van der Waals surface area (Å²) in [6, 6.07) is 16.0. The maximum absolute atomic E-state index is 6.16. The standard InChI is InChI=1S/C16H19ClN2/c1-19(12-14-6-2-3-8-16(14)17)10-9-13-5-4-7-15(18)11-13/h2-8,11H,9-10,12,18H2,1H3. The Morgan fingerprint density at radius 2 is 1.89 bits per heavy atom. The summed E-state index contributed by atoms with van der Waals surface area (Å²) in [7, 11) is 2.11. The van der Waals surface area contributed by atoms with Crippen molar-refractivity contribution in [1.82, 2.24) is 4.90 Å². The lowest BCUT2D eigenvalue weighted by Gasteiger charge is -2.17. The summed E-state index contributed by atoms with van der Waals surface area (Å²) in [4.78, 5) is 2.27. The van der Waals surface area contributed by atoms with E-state index in [9.17, 15) is 0 Å². The van der Waals surface area contributed by atoms with Gasteiger partial charge in [-0.15, -0.1) is 0 Å². The minimum Gasteiger partial charge on any atom is -0.399 e. The molecule has 0 atom stereocenters. The van der Waals surface area contributed by atoms with E-state index in [0.717, 1.165) is 30.2 Å². The molecule has 0 fully saturated rings. The highest BCUT2D eigenvalue weighted by molar-refractivity contribution is 6.31. The Kier molecular flexibility index (Phi) is 4.83. The van der Waals surface area contributed by atoms with Crippen LogP contribution in [-0.4, -0.2) is 18.5 Å². The van der Waals surface area contributed by atoms with E-state index in [0.29, 0.717) is 0 Å². The first kappa shape index (κ1) is 13.9. The fraction of sp³-hybridized carbons (Fsp3) is 0.250. The topological polar surface area (TPSA) is 29.3 Å². The highest BCUT2D eigenvalue weighted by atomic mass is 35.5. The van der Waals surface area contributed by atoms with E-state index in [1.807, 2.05) is 36.4 Å². The predicted octanol–water partition coefficient (Wildman–Crippen LogP) is 3.60. The van der Waals surface area contributed by atoms with Crippen molar-refractivity contribution in [2.45, 2.75) is 13.0 Å². The largest absolute Gasteiger partial charge is 0.399 e. The van der Waals surface area contributed by atoms with Crippen LogP contribution in [-0.2, 0) is 13.0 Å². The minimum absolute atomic E-state index is 0.825. The van der Waals surface area contributed by atoms with Crippen LogP contribution in [0.2, 0.25) is 5.02 Å². The lowest BCUT2D eigenvalue weighted by Crippen LogP contribution is -2.20. The highest BCUT2D eigenvalue weighted by Gasteiger charge is 2.04. The molecule has 0 spiro atoms. The number of hydrogen-bond acceptors (Lipinski definition) is 2. The van der Waals surface area contributed by atoms with Gasteiger partial charge < -0.3 is 10.6 Å². The van der Waals surface area contributed by atoms with Crippen LogP contribution in [0, 0.1) is 0 Å². The van der Waals surface area contributed by atoms with Crippen LogP contribution in [0.4, 0.5) is 5.69 Å². The maximum Gasteiger partial charge on any atom is 0.0451 e. The Morgan fingerprint density at radius 1 is 1.11 bits per heavy atom.